The Bertz CT molecular complexity index is 715. The molecule has 2 aromatic rings. The number of nitrogens with one attached hydrogen (secondary N) is 2. The van der Waals surface area contributed by atoms with Gasteiger partial charge >= 0.3 is 0 Å². The highest BCUT2D eigenvalue weighted by atomic mass is 16.5. The average Bonchev–Trinajstić information content (AvgIpc) is 2.66. The van der Waals surface area contributed by atoms with Crippen LogP contribution >= 0.6 is 0 Å². The van der Waals surface area contributed by atoms with Crippen LogP contribution in [0.2, 0.25) is 0 Å². The molecule has 4 N–H and O–H groups in total. The van der Waals surface area contributed by atoms with Crippen LogP contribution in [0, 0.1) is 0 Å². The molecule has 0 saturated heterocycles. The lowest BCUT2D eigenvalue weighted by atomic mass is 10.2. The van der Waals surface area contributed by atoms with E-state index in [2.05, 4.69) is 10.6 Å². The third kappa shape index (κ3) is 6.08. The molecule has 0 spiro atoms. The molecule has 138 valence electrons. The van der Waals surface area contributed by atoms with E-state index in [9.17, 15) is 9.59 Å². The summed E-state index contributed by atoms with van der Waals surface area (Å²) < 4.78 is 10.5. The van der Waals surface area contributed by atoms with E-state index in [4.69, 9.17) is 19.7 Å². The Balaban J connectivity index is 1.87. The van der Waals surface area contributed by atoms with Gasteiger partial charge < -0.3 is 30.3 Å². The summed E-state index contributed by atoms with van der Waals surface area (Å²) in [5.41, 5.74) is 1.03. The van der Waals surface area contributed by atoms with Crippen molar-refractivity contribution in [2.75, 3.05) is 31.9 Å². The minimum atomic E-state index is -0.443. The number of anilines is 1. The van der Waals surface area contributed by atoms with Crippen molar-refractivity contribution in [1.29, 1.82) is 0 Å². The van der Waals surface area contributed by atoms with Crippen LogP contribution in [-0.4, -0.2) is 48.6 Å². The van der Waals surface area contributed by atoms with E-state index >= 15 is 0 Å². The summed E-state index contributed by atoms with van der Waals surface area (Å²) in [6, 6.07) is 13.1. The number of hydrogen-bond donors (Lipinski definition) is 4. The molecule has 0 aliphatic heterocycles. The molecule has 26 heavy (non-hydrogen) atoms. The fourth-order valence-corrected chi connectivity index (χ4v) is 1.99. The largest absolute Gasteiger partial charge is 0.491 e. The molecule has 0 bridgehead atoms. The molecule has 2 aromatic carbocycles. The molecular weight excluding hydrogens is 340 g/mol. The quantitative estimate of drug-likeness (QED) is 0.491. The molecule has 0 aliphatic carbocycles. The maximum atomic E-state index is 12.2. The molecule has 0 atom stereocenters. The topological polar surface area (TPSA) is 117 Å². The molecular formula is C18H20N2O6. The first-order valence-corrected chi connectivity index (χ1v) is 7.88. The maximum Gasteiger partial charge on any atom is 0.259 e. The Morgan fingerprint density at radius 1 is 0.885 bits per heavy atom. The second-order valence-corrected chi connectivity index (χ2v) is 5.12. The van der Waals surface area contributed by atoms with Crippen LogP contribution in [0.3, 0.4) is 0 Å². The summed E-state index contributed by atoms with van der Waals surface area (Å²) >= 11 is 0. The summed E-state index contributed by atoms with van der Waals surface area (Å²) in [5, 5.41) is 22.2. The van der Waals surface area contributed by atoms with Crippen LogP contribution in [0.4, 0.5) is 5.69 Å². The van der Waals surface area contributed by atoms with Crippen LogP contribution in [0.1, 0.15) is 10.4 Å². The van der Waals surface area contributed by atoms with Crippen LogP contribution in [0.5, 0.6) is 11.5 Å². The third-order valence-corrected chi connectivity index (χ3v) is 3.23. The van der Waals surface area contributed by atoms with E-state index in [1.807, 2.05) is 0 Å². The van der Waals surface area contributed by atoms with Crippen molar-refractivity contribution in [3.05, 3.63) is 54.1 Å². The average molecular weight is 360 g/mol. The normalized spacial score (nSPS) is 10.1. The van der Waals surface area contributed by atoms with Crippen molar-refractivity contribution < 1.29 is 29.3 Å². The van der Waals surface area contributed by atoms with Crippen molar-refractivity contribution in [3.63, 3.8) is 0 Å². The lowest BCUT2D eigenvalue weighted by Gasteiger charge is -2.09. The highest BCUT2D eigenvalue weighted by Gasteiger charge is 2.07. The van der Waals surface area contributed by atoms with Gasteiger partial charge in [0.25, 0.3) is 11.8 Å². The number of rotatable bonds is 9. The van der Waals surface area contributed by atoms with E-state index in [0.29, 0.717) is 22.7 Å². The Kier molecular flexibility index (Phi) is 7.41. The summed E-state index contributed by atoms with van der Waals surface area (Å²) in [5.74, 6) is 0.315. The number of carbonyl (C=O) groups is 2. The lowest BCUT2D eigenvalue weighted by Crippen LogP contribution is -2.29. The number of amides is 2. The fraction of sp³-hybridized carbons (Fsp3) is 0.222. The number of aliphatic hydroxyl groups is 2. The van der Waals surface area contributed by atoms with E-state index in [1.165, 1.54) is 0 Å². The standard InChI is InChI=1S/C18H20N2O6/c21-9-10-25-15-5-1-13(2-6-15)18(24)20-14-3-7-16(8-4-14)26-11-17(23)19-12-22/h1-8,21-22H,9-12H2,(H,19,23)(H,20,24). The Morgan fingerprint density at radius 2 is 1.50 bits per heavy atom. The first-order chi connectivity index (χ1) is 12.6. The van der Waals surface area contributed by atoms with Crippen molar-refractivity contribution in [2.24, 2.45) is 0 Å². The molecule has 0 radical (unpaired) electrons. The Labute approximate surface area is 150 Å². The van der Waals surface area contributed by atoms with E-state index in [1.54, 1.807) is 48.5 Å². The molecule has 2 amide bonds. The van der Waals surface area contributed by atoms with Gasteiger partial charge in [-0.15, -0.1) is 0 Å². The van der Waals surface area contributed by atoms with Gasteiger partial charge in [0, 0.05) is 11.3 Å². The van der Waals surface area contributed by atoms with Gasteiger partial charge in [0.05, 0.1) is 6.61 Å². The first kappa shape index (κ1) is 19.2. The molecule has 8 nitrogen and oxygen atoms in total. The third-order valence-electron chi connectivity index (χ3n) is 3.23. The summed E-state index contributed by atoms with van der Waals surface area (Å²) in [6.07, 6.45) is 0. The van der Waals surface area contributed by atoms with Crippen molar-refractivity contribution in [2.45, 2.75) is 0 Å². The van der Waals surface area contributed by atoms with Crippen LogP contribution in [-0.2, 0) is 4.79 Å². The van der Waals surface area contributed by atoms with Crippen LogP contribution in [0.15, 0.2) is 48.5 Å². The monoisotopic (exact) mass is 360 g/mol. The van der Waals surface area contributed by atoms with E-state index < -0.39 is 12.6 Å². The number of carbonyl (C=O) groups excluding carboxylic acids is 2. The number of ether oxygens (including phenoxy) is 2. The molecule has 8 heteroatoms. The van der Waals surface area contributed by atoms with Gasteiger partial charge in [0.1, 0.15) is 24.8 Å². The molecule has 0 fully saturated rings. The summed E-state index contributed by atoms with van der Waals surface area (Å²) in [4.78, 5) is 23.4. The number of aliphatic hydroxyl groups excluding tert-OH is 2. The molecule has 0 heterocycles. The second kappa shape index (κ2) is 10.0. The first-order valence-electron chi connectivity index (χ1n) is 7.88. The minimum absolute atomic E-state index is 0.0753. The predicted molar refractivity (Wildman–Crippen MR) is 94.1 cm³/mol. The molecule has 0 saturated carbocycles. The zero-order valence-corrected chi connectivity index (χ0v) is 14.0. The predicted octanol–water partition coefficient (Wildman–Crippen LogP) is 0.755. The molecule has 0 aromatic heterocycles. The van der Waals surface area contributed by atoms with E-state index in [0.717, 1.165) is 0 Å². The van der Waals surface area contributed by atoms with Gasteiger partial charge in [0.15, 0.2) is 6.61 Å². The van der Waals surface area contributed by atoms with Gasteiger partial charge in [0.2, 0.25) is 0 Å². The molecule has 2 rings (SSSR count). The SMILES string of the molecule is O=C(COc1ccc(NC(=O)c2ccc(OCCO)cc2)cc1)NCO. The highest BCUT2D eigenvalue weighted by Crippen LogP contribution is 2.17. The molecule has 0 unspecified atom stereocenters. The van der Waals surface area contributed by atoms with Gasteiger partial charge in [-0.05, 0) is 48.5 Å². The van der Waals surface area contributed by atoms with Gasteiger partial charge in [-0.1, -0.05) is 0 Å². The fourth-order valence-electron chi connectivity index (χ4n) is 1.99. The maximum absolute atomic E-state index is 12.2. The van der Waals surface area contributed by atoms with Gasteiger partial charge in [-0.2, -0.15) is 0 Å². The summed E-state index contributed by atoms with van der Waals surface area (Å²) in [6.45, 7) is -0.533. The van der Waals surface area contributed by atoms with E-state index in [-0.39, 0.29) is 25.7 Å². The number of benzene rings is 2. The van der Waals surface area contributed by atoms with Crippen molar-refractivity contribution in [1.82, 2.24) is 5.32 Å². The molecule has 0 aliphatic rings. The summed E-state index contributed by atoms with van der Waals surface area (Å²) in [7, 11) is 0. The Hall–Kier alpha value is -3.10. The number of hydrogen-bond acceptors (Lipinski definition) is 6. The van der Waals surface area contributed by atoms with Gasteiger partial charge in [-0.3, -0.25) is 9.59 Å². The zero-order valence-electron chi connectivity index (χ0n) is 14.0. The second-order valence-electron chi connectivity index (χ2n) is 5.12. The zero-order chi connectivity index (χ0) is 18.8. The smallest absolute Gasteiger partial charge is 0.259 e. The lowest BCUT2D eigenvalue weighted by molar-refractivity contribution is -0.124. The Morgan fingerprint density at radius 3 is 2.12 bits per heavy atom. The van der Waals surface area contributed by atoms with Crippen molar-refractivity contribution in [3.8, 4) is 11.5 Å². The minimum Gasteiger partial charge on any atom is -0.491 e. The van der Waals surface area contributed by atoms with Crippen LogP contribution in [0.25, 0.3) is 0 Å². The van der Waals surface area contributed by atoms with Crippen molar-refractivity contribution >= 4 is 17.5 Å². The highest BCUT2D eigenvalue weighted by molar-refractivity contribution is 6.04. The van der Waals surface area contributed by atoms with Gasteiger partial charge in [-0.25, -0.2) is 0 Å². The van der Waals surface area contributed by atoms with Crippen LogP contribution < -0.4 is 20.1 Å².